The Morgan fingerprint density at radius 1 is 1.24 bits per heavy atom. The zero-order valence-corrected chi connectivity index (χ0v) is 12.5. The number of rotatable bonds is 5. The van der Waals surface area contributed by atoms with Gasteiger partial charge in [0.25, 0.3) is 0 Å². The van der Waals surface area contributed by atoms with Crippen molar-refractivity contribution in [2.75, 3.05) is 13.7 Å². The van der Waals surface area contributed by atoms with Gasteiger partial charge in [-0.2, -0.15) is 0 Å². The highest BCUT2D eigenvalue weighted by atomic mass is 16.5. The molecule has 1 aliphatic rings. The summed E-state index contributed by atoms with van der Waals surface area (Å²) in [4.78, 5) is 0. The van der Waals surface area contributed by atoms with Crippen LogP contribution in [0.15, 0.2) is 34.7 Å². The van der Waals surface area contributed by atoms with E-state index in [9.17, 15) is 0 Å². The number of fused-ring (bicyclic) bond motifs is 1. The predicted octanol–water partition coefficient (Wildman–Crippen LogP) is 2.94. The first kappa shape index (κ1) is 14.0. The Balaban J connectivity index is 1.61. The van der Waals surface area contributed by atoms with Crippen LogP contribution in [0.2, 0.25) is 0 Å². The summed E-state index contributed by atoms with van der Waals surface area (Å²) in [5.41, 5.74) is 1.19. The maximum absolute atomic E-state index is 5.85. The highest BCUT2D eigenvalue weighted by molar-refractivity contribution is 5.48. The van der Waals surface area contributed by atoms with Crippen LogP contribution in [-0.2, 0) is 19.4 Å². The minimum absolute atomic E-state index is 0.291. The molecule has 21 heavy (non-hydrogen) atoms. The average molecular weight is 287 g/mol. The molecular formula is C17H21NO3. The third-order valence-electron chi connectivity index (χ3n) is 3.81. The number of ether oxygens (including phenoxy) is 2. The van der Waals surface area contributed by atoms with Gasteiger partial charge in [0.2, 0.25) is 0 Å². The molecule has 0 aliphatic carbocycles. The topological polar surface area (TPSA) is 43.6 Å². The molecule has 0 unspecified atom stereocenters. The summed E-state index contributed by atoms with van der Waals surface area (Å²) < 4.78 is 16.9. The number of hydrogen-bond donors (Lipinski definition) is 1. The molecule has 4 nitrogen and oxygen atoms in total. The Morgan fingerprint density at radius 3 is 2.86 bits per heavy atom. The minimum atomic E-state index is 0.291. The van der Waals surface area contributed by atoms with Crippen LogP contribution in [0.5, 0.6) is 11.5 Å². The number of aryl methyl sites for hydroxylation is 1. The lowest BCUT2D eigenvalue weighted by molar-refractivity contribution is 0.224. The minimum Gasteiger partial charge on any atom is -0.493 e. The zero-order valence-electron chi connectivity index (χ0n) is 12.5. The van der Waals surface area contributed by atoms with Crippen molar-refractivity contribution in [3.8, 4) is 11.5 Å². The number of nitrogens with one attached hydrogen (secondary N) is 1. The summed E-state index contributed by atoms with van der Waals surface area (Å²) in [5.74, 6) is 3.69. The molecule has 2 heterocycles. The van der Waals surface area contributed by atoms with Crippen molar-refractivity contribution in [2.24, 2.45) is 0 Å². The molecule has 3 rings (SSSR count). The lowest BCUT2D eigenvalue weighted by Gasteiger charge is -2.27. The molecule has 0 amide bonds. The number of furan rings is 1. The van der Waals surface area contributed by atoms with Crippen LogP contribution in [0, 0.1) is 0 Å². The predicted molar refractivity (Wildman–Crippen MR) is 80.9 cm³/mol. The Hall–Kier alpha value is -1.94. The number of para-hydroxylation sites is 1. The average Bonchev–Trinajstić information content (AvgIpc) is 3.00. The van der Waals surface area contributed by atoms with E-state index in [-0.39, 0.29) is 0 Å². The monoisotopic (exact) mass is 287 g/mol. The van der Waals surface area contributed by atoms with Crippen molar-refractivity contribution in [1.82, 2.24) is 5.32 Å². The quantitative estimate of drug-likeness (QED) is 0.918. The number of benzene rings is 1. The molecule has 2 aromatic rings. The number of methoxy groups -OCH3 is 1. The fraction of sp³-hybridized carbons (Fsp3) is 0.412. The van der Waals surface area contributed by atoms with Gasteiger partial charge in [0.15, 0.2) is 11.5 Å². The summed E-state index contributed by atoms with van der Waals surface area (Å²) in [6, 6.07) is 10.4. The zero-order chi connectivity index (χ0) is 14.7. The van der Waals surface area contributed by atoms with Crippen LogP contribution in [0.1, 0.15) is 24.0 Å². The van der Waals surface area contributed by atoms with Gasteiger partial charge < -0.3 is 19.2 Å². The number of hydrogen-bond acceptors (Lipinski definition) is 4. The molecule has 0 radical (unpaired) electrons. The van der Waals surface area contributed by atoms with Gasteiger partial charge >= 0.3 is 0 Å². The Labute approximate surface area is 125 Å². The van der Waals surface area contributed by atoms with Crippen molar-refractivity contribution >= 4 is 0 Å². The van der Waals surface area contributed by atoms with E-state index in [1.54, 1.807) is 7.11 Å². The van der Waals surface area contributed by atoms with Crippen LogP contribution in [0.4, 0.5) is 0 Å². The third kappa shape index (κ3) is 3.05. The van der Waals surface area contributed by atoms with Gasteiger partial charge in [-0.05, 0) is 30.2 Å². The molecule has 1 aromatic carbocycles. The lowest BCUT2D eigenvalue weighted by atomic mass is 10.0. The summed E-state index contributed by atoms with van der Waals surface area (Å²) in [6.45, 7) is 3.47. The van der Waals surface area contributed by atoms with Gasteiger partial charge in [-0.3, -0.25) is 0 Å². The van der Waals surface area contributed by atoms with Gasteiger partial charge in [0.05, 0.1) is 13.7 Å². The summed E-state index contributed by atoms with van der Waals surface area (Å²) in [5, 5.41) is 3.49. The van der Waals surface area contributed by atoms with Crippen LogP contribution < -0.4 is 14.8 Å². The summed E-state index contributed by atoms with van der Waals surface area (Å²) in [7, 11) is 1.67. The third-order valence-corrected chi connectivity index (χ3v) is 3.81. The molecule has 0 fully saturated rings. The molecule has 1 atom stereocenters. The van der Waals surface area contributed by atoms with Crippen molar-refractivity contribution < 1.29 is 13.9 Å². The molecule has 112 valence electrons. The normalized spacial score (nSPS) is 17.1. The molecular weight excluding hydrogens is 266 g/mol. The Morgan fingerprint density at radius 2 is 2.10 bits per heavy atom. The van der Waals surface area contributed by atoms with E-state index in [2.05, 4.69) is 18.3 Å². The lowest BCUT2D eigenvalue weighted by Crippen LogP contribution is -2.38. The first-order chi connectivity index (χ1) is 10.3. The standard InChI is InChI=1S/C17H21NO3/c1-3-14-7-8-15(21-14)10-18-13-9-12-5-4-6-16(19-2)17(12)20-11-13/h4-8,13,18H,3,9-11H2,1-2H3/t13-/m1/s1. The van der Waals surface area contributed by atoms with Crippen LogP contribution in [0.25, 0.3) is 0 Å². The van der Waals surface area contributed by atoms with Crippen molar-refractivity contribution in [1.29, 1.82) is 0 Å². The van der Waals surface area contributed by atoms with E-state index < -0.39 is 0 Å². The molecule has 1 aliphatic heterocycles. The van der Waals surface area contributed by atoms with E-state index in [1.165, 1.54) is 5.56 Å². The molecule has 0 spiro atoms. The molecule has 0 saturated carbocycles. The van der Waals surface area contributed by atoms with E-state index in [0.717, 1.165) is 42.4 Å². The van der Waals surface area contributed by atoms with Gasteiger partial charge in [0.1, 0.15) is 18.1 Å². The fourth-order valence-corrected chi connectivity index (χ4v) is 2.64. The molecule has 1 aromatic heterocycles. The van der Waals surface area contributed by atoms with E-state index >= 15 is 0 Å². The summed E-state index contributed by atoms with van der Waals surface area (Å²) >= 11 is 0. The molecule has 0 saturated heterocycles. The van der Waals surface area contributed by atoms with Crippen molar-refractivity contribution in [2.45, 2.75) is 32.4 Å². The first-order valence-corrected chi connectivity index (χ1v) is 7.39. The van der Waals surface area contributed by atoms with Crippen molar-refractivity contribution in [3.63, 3.8) is 0 Å². The first-order valence-electron chi connectivity index (χ1n) is 7.39. The van der Waals surface area contributed by atoms with E-state index in [4.69, 9.17) is 13.9 Å². The molecule has 0 bridgehead atoms. The van der Waals surface area contributed by atoms with Crippen molar-refractivity contribution in [3.05, 3.63) is 47.4 Å². The van der Waals surface area contributed by atoms with E-state index in [1.807, 2.05) is 24.3 Å². The SMILES string of the molecule is CCc1ccc(CN[C@H]2COc3c(cccc3OC)C2)o1. The largest absolute Gasteiger partial charge is 0.493 e. The van der Waals surface area contributed by atoms with Gasteiger partial charge in [-0.1, -0.05) is 19.1 Å². The van der Waals surface area contributed by atoms with Gasteiger partial charge in [-0.15, -0.1) is 0 Å². The second-order valence-corrected chi connectivity index (χ2v) is 5.26. The fourth-order valence-electron chi connectivity index (χ4n) is 2.64. The summed E-state index contributed by atoms with van der Waals surface area (Å²) in [6.07, 6.45) is 1.87. The van der Waals surface area contributed by atoms with Crippen LogP contribution >= 0.6 is 0 Å². The van der Waals surface area contributed by atoms with Crippen LogP contribution in [0.3, 0.4) is 0 Å². The maximum Gasteiger partial charge on any atom is 0.164 e. The van der Waals surface area contributed by atoms with E-state index in [0.29, 0.717) is 12.6 Å². The Kier molecular flexibility index (Phi) is 4.15. The van der Waals surface area contributed by atoms with Gasteiger partial charge in [0, 0.05) is 12.5 Å². The highest BCUT2D eigenvalue weighted by Gasteiger charge is 2.22. The Bertz CT molecular complexity index is 606. The second kappa shape index (κ2) is 6.22. The van der Waals surface area contributed by atoms with Crippen LogP contribution in [-0.4, -0.2) is 19.8 Å². The molecule has 4 heteroatoms. The maximum atomic E-state index is 5.85. The second-order valence-electron chi connectivity index (χ2n) is 5.26. The molecule has 1 N–H and O–H groups in total. The van der Waals surface area contributed by atoms with Gasteiger partial charge in [-0.25, -0.2) is 0 Å². The smallest absolute Gasteiger partial charge is 0.164 e. The highest BCUT2D eigenvalue weighted by Crippen LogP contribution is 2.34.